The zero-order chi connectivity index (χ0) is 17.1. The van der Waals surface area contributed by atoms with E-state index < -0.39 is 0 Å². The van der Waals surface area contributed by atoms with Crippen LogP contribution in [0.2, 0.25) is 0 Å². The van der Waals surface area contributed by atoms with E-state index >= 15 is 0 Å². The first kappa shape index (κ1) is 16.0. The lowest BCUT2D eigenvalue weighted by molar-refractivity contribution is 0.122. The molecular weight excluding hydrogens is 318 g/mol. The molecule has 25 heavy (non-hydrogen) atoms. The SMILES string of the molecule is Cc1cnc(N2CCN(c3ccnc(N4CCOCC4)n3)CC2)nc1. The van der Waals surface area contributed by atoms with Crippen LogP contribution >= 0.6 is 0 Å². The normalized spacial score (nSPS) is 18.5. The number of ether oxygens (including phenoxy) is 1. The maximum Gasteiger partial charge on any atom is 0.227 e. The average Bonchev–Trinajstić information content (AvgIpc) is 2.70. The van der Waals surface area contributed by atoms with Gasteiger partial charge in [-0.05, 0) is 18.6 Å². The van der Waals surface area contributed by atoms with Crippen LogP contribution in [0.4, 0.5) is 17.7 Å². The highest BCUT2D eigenvalue weighted by molar-refractivity contribution is 5.46. The van der Waals surface area contributed by atoms with Gasteiger partial charge in [-0.25, -0.2) is 15.0 Å². The fourth-order valence-electron chi connectivity index (χ4n) is 3.12. The summed E-state index contributed by atoms with van der Waals surface area (Å²) in [5.41, 5.74) is 1.08. The summed E-state index contributed by atoms with van der Waals surface area (Å²) in [5, 5.41) is 0. The van der Waals surface area contributed by atoms with Gasteiger partial charge in [-0.1, -0.05) is 0 Å². The van der Waals surface area contributed by atoms with Gasteiger partial charge in [0.1, 0.15) is 5.82 Å². The van der Waals surface area contributed by atoms with E-state index in [1.807, 2.05) is 31.6 Å². The Morgan fingerprint density at radius 3 is 2.16 bits per heavy atom. The Balaban J connectivity index is 1.41. The highest BCUT2D eigenvalue weighted by Crippen LogP contribution is 2.19. The minimum Gasteiger partial charge on any atom is -0.378 e. The largest absolute Gasteiger partial charge is 0.378 e. The minimum absolute atomic E-state index is 0.739. The number of nitrogens with zero attached hydrogens (tertiary/aromatic N) is 7. The Morgan fingerprint density at radius 1 is 0.800 bits per heavy atom. The molecule has 0 amide bonds. The van der Waals surface area contributed by atoms with Crippen LogP contribution in [0.1, 0.15) is 5.56 Å². The van der Waals surface area contributed by atoms with E-state index in [0.29, 0.717) is 0 Å². The van der Waals surface area contributed by atoms with Gasteiger partial charge in [0.25, 0.3) is 0 Å². The predicted molar refractivity (Wildman–Crippen MR) is 96.3 cm³/mol. The van der Waals surface area contributed by atoms with Gasteiger partial charge in [-0.2, -0.15) is 4.98 Å². The first-order valence-electron chi connectivity index (χ1n) is 8.74. The van der Waals surface area contributed by atoms with Crippen LogP contribution in [-0.2, 0) is 4.74 Å². The number of hydrogen-bond acceptors (Lipinski definition) is 8. The molecule has 2 saturated heterocycles. The van der Waals surface area contributed by atoms with Crippen molar-refractivity contribution in [2.24, 2.45) is 0 Å². The van der Waals surface area contributed by atoms with Gasteiger partial charge in [0, 0.05) is 57.9 Å². The average molecular weight is 341 g/mol. The van der Waals surface area contributed by atoms with Gasteiger partial charge < -0.3 is 19.4 Å². The molecule has 0 unspecified atom stereocenters. The molecule has 0 aliphatic carbocycles. The fraction of sp³-hybridized carbons (Fsp3) is 0.529. The molecule has 2 aromatic heterocycles. The molecule has 0 N–H and O–H groups in total. The summed E-state index contributed by atoms with van der Waals surface area (Å²) in [7, 11) is 0. The minimum atomic E-state index is 0.739. The first-order valence-corrected chi connectivity index (χ1v) is 8.74. The molecule has 0 spiro atoms. The van der Waals surface area contributed by atoms with E-state index in [1.54, 1.807) is 0 Å². The molecule has 8 nitrogen and oxygen atoms in total. The monoisotopic (exact) mass is 341 g/mol. The van der Waals surface area contributed by atoms with Gasteiger partial charge in [-0.3, -0.25) is 0 Å². The van der Waals surface area contributed by atoms with Crippen molar-refractivity contribution >= 4 is 17.7 Å². The van der Waals surface area contributed by atoms with Gasteiger partial charge in [0.05, 0.1) is 13.2 Å². The Hall–Kier alpha value is -2.48. The Bertz CT molecular complexity index is 694. The third-order valence-electron chi connectivity index (χ3n) is 4.58. The molecule has 132 valence electrons. The molecule has 0 atom stereocenters. The Labute approximate surface area is 147 Å². The quantitative estimate of drug-likeness (QED) is 0.810. The zero-order valence-electron chi connectivity index (χ0n) is 14.5. The second kappa shape index (κ2) is 7.18. The van der Waals surface area contributed by atoms with E-state index in [4.69, 9.17) is 9.72 Å². The lowest BCUT2D eigenvalue weighted by Gasteiger charge is -2.35. The number of morpholine rings is 1. The first-order chi connectivity index (χ1) is 12.3. The number of piperazine rings is 1. The summed E-state index contributed by atoms with van der Waals surface area (Å²) in [6, 6.07) is 1.99. The van der Waals surface area contributed by atoms with Crippen molar-refractivity contribution in [1.29, 1.82) is 0 Å². The fourth-order valence-corrected chi connectivity index (χ4v) is 3.12. The van der Waals surface area contributed by atoms with Crippen LogP contribution in [0.5, 0.6) is 0 Å². The van der Waals surface area contributed by atoms with Crippen molar-refractivity contribution in [1.82, 2.24) is 19.9 Å². The number of hydrogen-bond donors (Lipinski definition) is 0. The van der Waals surface area contributed by atoms with E-state index in [1.165, 1.54) is 0 Å². The molecule has 2 aliphatic rings. The lowest BCUT2D eigenvalue weighted by atomic mass is 10.3. The molecular formula is C17H23N7O. The number of rotatable bonds is 3. The molecule has 2 fully saturated rings. The molecule has 4 heterocycles. The maximum absolute atomic E-state index is 5.40. The van der Waals surface area contributed by atoms with Crippen LogP contribution in [0.15, 0.2) is 24.7 Å². The molecule has 0 radical (unpaired) electrons. The summed E-state index contributed by atoms with van der Waals surface area (Å²) in [4.78, 5) is 24.8. The second-order valence-electron chi connectivity index (χ2n) is 6.35. The van der Waals surface area contributed by atoms with Crippen LogP contribution in [-0.4, -0.2) is 72.4 Å². The molecule has 0 bridgehead atoms. The van der Waals surface area contributed by atoms with Crippen molar-refractivity contribution in [2.45, 2.75) is 6.92 Å². The van der Waals surface area contributed by atoms with Crippen LogP contribution < -0.4 is 14.7 Å². The molecule has 2 aliphatic heterocycles. The van der Waals surface area contributed by atoms with Crippen molar-refractivity contribution in [3.63, 3.8) is 0 Å². The zero-order valence-corrected chi connectivity index (χ0v) is 14.5. The van der Waals surface area contributed by atoms with Crippen molar-refractivity contribution < 1.29 is 4.74 Å². The Kier molecular flexibility index (Phi) is 4.60. The molecule has 4 rings (SSSR count). The van der Waals surface area contributed by atoms with Crippen molar-refractivity contribution in [3.8, 4) is 0 Å². The topological polar surface area (TPSA) is 70.5 Å². The van der Waals surface area contributed by atoms with Gasteiger partial charge >= 0.3 is 0 Å². The second-order valence-corrected chi connectivity index (χ2v) is 6.35. The lowest BCUT2D eigenvalue weighted by Crippen LogP contribution is -2.47. The third kappa shape index (κ3) is 3.63. The molecule has 0 saturated carbocycles. The smallest absolute Gasteiger partial charge is 0.227 e. The van der Waals surface area contributed by atoms with E-state index in [2.05, 4.69) is 29.7 Å². The third-order valence-corrected chi connectivity index (χ3v) is 4.58. The maximum atomic E-state index is 5.40. The summed E-state index contributed by atoms with van der Waals surface area (Å²) >= 11 is 0. The number of aryl methyl sites for hydroxylation is 1. The van der Waals surface area contributed by atoms with Crippen LogP contribution in [0.3, 0.4) is 0 Å². The number of anilines is 3. The summed E-state index contributed by atoms with van der Waals surface area (Å²) in [6.45, 7) is 8.76. The van der Waals surface area contributed by atoms with E-state index in [9.17, 15) is 0 Å². The molecule has 2 aromatic rings. The van der Waals surface area contributed by atoms with Crippen molar-refractivity contribution in [3.05, 3.63) is 30.2 Å². The molecule has 8 heteroatoms. The summed E-state index contributed by atoms with van der Waals surface area (Å²) < 4.78 is 5.40. The van der Waals surface area contributed by atoms with E-state index in [0.717, 1.165) is 75.8 Å². The van der Waals surface area contributed by atoms with E-state index in [-0.39, 0.29) is 0 Å². The van der Waals surface area contributed by atoms with Crippen molar-refractivity contribution in [2.75, 3.05) is 67.2 Å². The van der Waals surface area contributed by atoms with Gasteiger partial charge in [-0.15, -0.1) is 0 Å². The number of aromatic nitrogens is 4. The predicted octanol–water partition coefficient (Wildman–Crippen LogP) is 0.738. The summed E-state index contributed by atoms with van der Waals surface area (Å²) in [5.74, 6) is 2.59. The van der Waals surface area contributed by atoms with Crippen LogP contribution in [0, 0.1) is 6.92 Å². The Morgan fingerprint density at radius 2 is 1.44 bits per heavy atom. The molecule has 0 aromatic carbocycles. The van der Waals surface area contributed by atoms with Gasteiger partial charge in [0.2, 0.25) is 11.9 Å². The van der Waals surface area contributed by atoms with Crippen LogP contribution in [0.25, 0.3) is 0 Å². The van der Waals surface area contributed by atoms with Gasteiger partial charge in [0.15, 0.2) is 0 Å². The summed E-state index contributed by atoms with van der Waals surface area (Å²) in [6.07, 6.45) is 5.59. The standard InChI is InChI=1S/C17H23N7O/c1-14-12-19-16(20-13-14)23-6-4-22(5-7-23)15-2-3-18-17(21-15)24-8-10-25-11-9-24/h2-3,12-13H,4-11H2,1H3. The highest BCUT2D eigenvalue weighted by atomic mass is 16.5. The highest BCUT2D eigenvalue weighted by Gasteiger charge is 2.21.